The van der Waals surface area contributed by atoms with E-state index in [0.717, 1.165) is 44.0 Å². The second kappa shape index (κ2) is 7.30. The Labute approximate surface area is 121 Å². The van der Waals surface area contributed by atoms with Crippen LogP contribution in [0, 0.1) is 11.8 Å². The van der Waals surface area contributed by atoms with E-state index in [1.165, 1.54) is 5.56 Å². The number of ether oxygens (including phenoxy) is 1. The first-order valence-corrected chi connectivity index (χ1v) is 6.90. The third-order valence-corrected chi connectivity index (χ3v) is 3.57. The van der Waals surface area contributed by atoms with Gasteiger partial charge in [0.05, 0.1) is 12.7 Å². The molecule has 1 aliphatic heterocycles. The first-order valence-electron chi connectivity index (χ1n) is 6.90. The Morgan fingerprint density at radius 3 is 2.65 bits per heavy atom. The van der Waals surface area contributed by atoms with Crippen molar-refractivity contribution in [1.29, 1.82) is 0 Å². The smallest absolute Gasteiger partial charge is 0.134 e. The summed E-state index contributed by atoms with van der Waals surface area (Å²) < 4.78 is 5.30. The van der Waals surface area contributed by atoms with E-state index in [9.17, 15) is 0 Å². The maximum absolute atomic E-state index is 8.82. The van der Waals surface area contributed by atoms with Crippen molar-refractivity contribution in [3.8, 4) is 17.6 Å². The molecule has 1 heterocycles. The van der Waals surface area contributed by atoms with Crippen LogP contribution in [0.4, 0.5) is 0 Å². The summed E-state index contributed by atoms with van der Waals surface area (Å²) in [5.74, 6) is 6.39. The van der Waals surface area contributed by atoms with Gasteiger partial charge in [-0.25, -0.2) is 0 Å². The summed E-state index contributed by atoms with van der Waals surface area (Å²) >= 11 is 0. The summed E-state index contributed by atoms with van der Waals surface area (Å²) in [4.78, 5) is 4.80. The zero-order chi connectivity index (χ0) is 14.4. The molecule has 1 aromatic rings. The van der Waals surface area contributed by atoms with Crippen LogP contribution in [0.1, 0.15) is 11.1 Å². The summed E-state index contributed by atoms with van der Waals surface area (Å²) in [7, 11) is 3.80. The predicted molar refractivity (Wildman–Crippen MR) is 79.7 cm³/mol. The highest BCUT2D eigenvalue weighted by Crippen LogP contribution is 2.20. The summed E-state index contributed by atoms with van der Waals surface area (Å²) in [5, 5.41) is 8.82. The molecule has 0 bridgehead atoms. The molecule has 4 nitrogen and oxygen atoms in total. The van der Waals surface area contributed by atoms with Crippen molar-refractivity contribution in [3.05, 3.63) is 29.3 Å². The summed E-state index contributed by atoms with van der Waals surface area (Å²) in [6.45, 7) is 5.23. The number of methoxy groups -OCH3 is 1. The van der Waals surface area contributed by atoms with Crippen LogP contribution in [0.2, 0.25) is 0 Å². The maximum atomic E-state index is 8.82. The van der Waals surface area contributed by atoms with Gasteiger partial charge in [-0.3, -0.25) is 4.90 Å². The maximum Gasteiger partial charge on any atom is 0.134 e. The van der Waals surface area contributed by atoms with Crippen LogP contribution in [0.3, 0.4) is 0 Å². The van der Waals surface area contributed by atoms with Crippen LogP contribution in [-0.4, -0.2) is 61.8 Å². The SMILES string of the molecule is COc1ccc(CN2CCN(C)CC2)cc1C#CCO. The molecule has 0 amide bonds. The van der Waals surface area contributed by atoms with Gasteiger partial charge >= 0.3 is 0 Å². The lowest BCUT2D eigenvalue weighted by atomic mass is 10.1. The third-order valence-electron chi connectivity index (χ3n) is 3.57. The highest BCUT2D eigenvalue weighted by atomic mass is 16.5. The van der Waals surface area contributed by atoms with E-state index in [1.54, 1.807) is 7.11 Å². The average Bonchev–Trinajstić information content (AvgIpc) is 2.47. The van der Waals surface area contributed by atoms with Gasteiger partial charge in [0.1, 0.15) is 12.4 Å². The molecule has 0 atom stereocenters. The first kappa shape index (κ1) is 14.9. The predicted octanol–water partition coefficient (Wildman–Crippen LogP) is 0.786. The van der Waals surface area contributed by atoms with E-state index in [4.69, 9.17) is 9.84 Å². The van der Waals surface area contributed by atoms with Crippen LogP contribution in [0.15, 0.2) is 18.2 Å². The molecule has 0 saturated carbocycles. The first-order chi connectivity index (χ1) is 9.72. The summed E-state index contributed by atoms with van der Waals surface area (Å²) in [6.07, 6.45) is 0. The van der Waals surface area contributed by atoms with Gasteiger partial charge in [0.2, 0.25) is 0 Å². The van der Waals surface area contributed by atoms with Crippen LogP contribution in [-0.2, 0) is 6.54 Å². The second-order valence-corrected chi connectivity index (χ2v) is 5.07. The van der Waals surface area contributed by atoms with E-state index in [0.29, 0.717) is 0 Å². The van der Waals surface area contributed by atoms with E-state index in [-0.39, 0.29) is 6.61 Å². The molecule has 20 heavy (non-hydrogen) atoms. The van der Waals surface area contributed by atoms with Crippen molar-refractivity contribution in [1.82, 2.24) is 9.80 Å². The van der Waals surface area contributed by atoms with Crippen molar-refractivity contribution >= 4 is 0 Å². The normalized spacial score (nSPS) is 16.6. The van der Waals surface area contributed by atoms with Gasteiger partial charge in [-0.05, 0) is 24.7 Å². The molecular weight excluding hydrogens is 252 g/mol. The zero-order valence-corrected chi connectivity index (χ0v) is 12.2. The fourth-order valence-electron chi connectivity index (χ4n) is 2.35. The number of aliphatic hydroxyl groups excluding tert-OH is 1. The number of piperazine rings is 1. The lowest BCUT2D eigenvalue weighted by molar-refractivity contribution is 0.148. The molecule has 1 N–H and O–H groups in total. The Morgan fingerprint density at radius 2 is 2.00 bits per heavy atom. The molecule has 0 spiro atoms. The van der Waals surface area contributed by atoms with Gasteiger partial charge in [0.25, 0.3) is 0 Å². The molecule has 1 fully saturated rings. The number of rotatable bonds is 3. The molecule has 0 aromatic heterocycles. The minimum absolute atomic E-state index is 0.133. The molecule has 108 valence electrons. The van der Waals surface area contributed by atoms with Crippen LogP contribution < -0.4 is 4.74 Å². The second-order valence-electron chi connectivity index (χ2n) is 5.07. The van der Waals surface area contributed by atoms with E-state index in [2.05, 4.69) is 40.8 Å². The van der Waals surface area contributed by atoms with Crippen LogP contribution in [0.5, 0.6) is 5.75 Å². The Hall–Kier alpha value is -1.54. The number of aliphatic hydroxyl groups is 1. The van der Waals surface area contributed by atoms with Crippen LogP contribution >= 0.6 is 0 Å². The number of nitrogens with zero attached hydrogens (tertiary/aromatic N) is 2. The lowest BCUT2D eigenvalue weighted by Crippen LogP contribution is -2.43. The molecule has 0 radical (unpaired) electrons. The van der Waals surface area contributed by atoms with Crippen molar-refractivity contribution in [2.45, 2.75) is 6.54 Å². The largest absolute Gasteiger partial charge is 0.495 e. The third kappa shape index (κ3) is 3.97. The van der Waals surface area contributed by atoms with E-state index in [1.807, 2.05) is 6.07 Å². The Kier molecular flexibility index (Phi) is 5.42. The fourth-order valence-corrected chi connectivity index (χ4v) is 2.35. The topological polar surface area (TPSA) is 35.9 Å². The van der Waals surface area contributed by atoms with E-state index < -0.39 is 0 Å². The molecule has 2 rings (SSSR count). The monoisotopic (exact) mass is 274 g/mol. The van der Waals surface area contributed by atoms with Crippen molar-refractivity contribution in [2.75, 3.05) is 46.9 Å². The highest BCUT2D eigenvalue weighted by Gasteiger charge is 2.14. The molecule has 1 aromatic carbocycles. The Bertz CT molecular complexity index is 497. The Balaban J connectivity index is 2.08. The fraction of sp³-hybridized carbons (Fsp3) is 0.500. The van der Waals surface area contributed by atoms with Gasteiger partial charge in [-0.15, -0.1) is 0 Å². The minimum atomic E-state index is -0.133. The van der Waals surface area contributed by atoms with Gasteiger partial charge in [-0.1, -0.05) is 17.9 Å². The molecule has 4 heteroatoms. The van der Waals surface area contributed by atoms with Crippen molar-refractivity contribution in [2.24, 2.45) is 0 Å². The molecule has 1 saturated heterocycles. The number of hydrogen-bond acceptors (Lipinski definition) is 4. The molecule has 1 aliphatic rings. The molecule has 0 aliphatic carbocycles. The highest BCUT2D eigenvalue weighted by molar-refractivity contribution is 5.48. The van der Waals surface area contributed by atoms with Crippen molar-refractivity contribution in [3.63, 3.8) is 0 Å². The van der Waals surface area contributed by atoms with Gasteiger partial charge < -0.3 is 14.7 Å². The minimum Gasteiger partial charge on any atom is -0.495 e. The van der Waals surface area contributed by atoms with Gasteiger partial charge in [-0.2, -0.15) is 0 Å². The summed E-state index contributed by atoms with van der Waals surface area (Å²) in [6, 6.07) is 6.09. The average molecular weight is 274 g/mol. The quantitative estimate of drug-likeness (QED) is 0.827. The molecule has 0 unspecified atom stereocenters. The van der Waals surface area contributed by atoms with E-state index >= 15 is 0 Å². The number of hydrogen-bond donors (Lipinski definition) is 1. The zero-order valence-electron chi connectivity index (χ0n) is 12.2. The number of benzene rings is 1. The molecular formula is C16H22N2O2. The summed E-state index contributed by atoms with van der Waals surface area (Å²) in [5.41, 5.74) is 2.07. The Morgan fingerprint density at radius 1 is 1.25 bits per heavy atom. The van der Waals surface area contributed by atoms with Gasteiger partial charge in [0, 0.05) is 32.7 Å². The number of likely N-dealkylation sites (N-methyl/N-ethyl adjacent to an activating group) is 1. The van der Waals surface area contributed by atoms with Crippen molar-refractivity contribution < 1.29 is 9.84 Å². The van der Waals surface area contributed by atoms with Crippen LogP contribution in [0.25, 0.3) is 0 Å². The standard InChI is InChI=1S/C16H22N2O2/c1-17-7-9-18(10-8-17)13-14-5-6-16(20-2)15(12-14)4-3-11-19/h5-6,12,19H,7-11,13H2,1-2H3. The van der Waals surface area contributed by atoms with Gasteiger partial charge in [0.15, 0.2) is 0 Å². The lowest BCUT2D eigenvalue weighted by Gasteiger charge is -2.32.